The van der Waals surface area contributed by atoms with E-state index in [0.29, 0.717) is 5.69 Å². The summed E-state index contributed by atoms with van der Waals surface area (Å²) in [6, 6.07) is 5.33. The molecular weight excluding hydrogens is 292 g/mol. The lowest BCUT2D eigenvalue weighted by Gasteiger charge is -2.20. The van der Waals surface area contributed by atoms with Gasteiger partial charge in [0.2, 0.25) is 5.91 Å². The Labute approximate surface area is 124 Å². The minimum Gasteiger partial charge on any atom is -0.481 e. The Morgan fingerprint density at radius 2 is 1.73 bits per heavy atom. The van der Waals surface area contributed by atoms with Gasteiger partial charge in [-0.2, -0.15) is 0 Å². The Balaban J connectivity index is 1.75. The molecule has 2 aliphatic rings. The third-order valence-electron chi connectivity index (χ3n) is 3.83. The van der Waals surface area contributed by atoms with Crippen LogP contribution in [0.2, 0.25) is 0 Å². The summed E-state index contributed by atoms with van der Waals surface area (Å²) in [6.45, 7) is 0. The molecule has 4 atom stereocenters. The van der Waals surface area contributed by atoms with Gasteiger partial charge in [0.15, 0.2) is 0 Å². The third kappa shape index (κ3) is 2.33. The minimum absolute atomic E-state index is 0.0902. The number of benzene rings is 1. The number of nitro groups is 1. The van der Waals surface area contributed by atoms with E-state index in [0.717, 1.165) is 0 Å². The molecule has 0 saturated carbocycles. The first kappa shape index (κ1) is 14.2. The van der Waals surface area contributed by atoms with E-state index in [1.54, 1.807) is 12.2 Å². The lowest BCUT2D eigenvalue weighted by Crippen LogP contribution is -2.39. The number of nitrogens with one attached hydrogen (secondary N) is 1. The topological polar surface area (TPSA) is 119 Å². The van der Waals surface area contributed by atoms with Gasteiger partial charge >= 0.3 is 5.97 Å². The molecular formula is C14H12N2O6. The zero-order valence-electron chi connectivity index (χ0n) is 11.2. The summed E-state index contributed by atoms with van der Waals surface area (Å²) in [6.07, 6.45) is 2.20. The lowest BCUT2D eigenvalue weighted by molar-refractivity contribution is -0.384. The minimum atomic E-state index is -1.08. The van der Waals surface area contributed by atoms with Crippen molar-refractivity contribution in [3.8, 4) is 0 Å². The maximum atomic E-state index is 12.3. The number of amides is 1. The Bertz CT molecular complexity index is 668. The molecule has 2 bridgehead atoms. The Morgan fingerprint density at radius 3 is 2.27 bits per heavy atom. The normalized spacial score (nSPS) is 28.5. The average molecular weight is 304 g/mol. The molecule has 8 heteroatoms. The highest BCUT2D eigenvalue weighted by Crippen LogP contribution is 2.39. The first-order valence-corrected chi connectivity index (χ1v) is 6.59. The van der Waals surface area contributed by atoms with Crippen molar-refractivity contribution in [3.63, 3.8) is 0 Å². The largest absolute Gasteiger partial charge is 0.481 e. The van der Waals surface area contributed by atoms with E-state index in [-0.39, 0.29) is 5.69 Å². The molecule has 2 N–H and O–H groups in total. The summed E-state index contributed by atoms with van der Waals surface area (Å²) >= 11 is 0. The van der Waals surface area contributed by atoms with E-state index in [1.165, 1.54) is 24.3 Å². The monoisotopic (exact) mass is 304 g/mol. The molecule has 2 heterocycles. The van der Waals surface area contributed by atoms with Crippen molar-refractivity contribution in [2.75, 3.05) is 5.32 Å². The molecule has 2 aliphatic heterocycles. The number of nitro benzene ring substituents is 1. The smallest absolute Gasteiger partial charge is 0.310 e. The van der Waals surface area contributed by atoms with Crippen molar-refractivity contribution in [2.24, 2.45) is 11.8 Å². The standard InChI is InChI=1S/C14H12N2O6/c17-13(15-7-1-3-8(4-2-7)16(20)21)11-9-5-6-10(22-9)12(11)14(18)19/h1-6,9-12H,(H,15,17)(H,18,19)/t9-,10+,11+,12-/m1/s1. The fraction of sp³-hybridized carbons (Fsp3) is 0.286. The zero-order chi connectivity index (χ0) is 15.9. The van der Waals surface area contributed by atoms with E-state index < -0.39 is 40.8 Å². The van der Waals surface area contributed by atoms with Crippen LogP contribution in [0.25, 0.3) is 0 Å². The number of anilines is 1. The number of carbonyl (C=O) groups excluding carboxylic acids is 1. The number of ether oxygens (including phenoxy) is 1. The summed E-state index contributed by atoms with van der Waals surface area (Å²) < 4.78 is 5.43. The zero-order valence-corrected chi connectivity index (χ0v) is 11.2. The summed E-state index contributed by atoms with van der Waals surface area (Å²) in [5.74, 6) is -3.30. The van der Waals surface area contributed by atoms with Crippen molar-refractivity contribution in [1.82, 2.24) is 0 Å². The van der Waals surface area contributed by atoms with Crippen molar-refractivity contribution < 1.29 is 24.4 Å². The van der Waals surface area contributed by atoms with Crippen molar-refractivity contribution in [2.45, 2.75) is 12.2 Å². The van der Waals surface area contributed by atoms with Crippen LogP contribution in [0.4, 0.5) is 11.4 Å². The van der Waals surface area contributed by atoms with Crippen LogP contribution in [0.3, 0.4) is 0 Å². The molecule has 22 heavy (non-hydrogen) atoms. The van der Waals surface area contributed by atoms with Gasteiger partial charge < -0.3 is 15.2 Å². The van der Waals surface area contributed by atoms with Gasteiger partial charge in [0, 0.05) is 17.8 Å². The van der Waals surface area contributed by atoms with Gasteiger partial charge in [-0.3, -0.25) is 19.7 Å². The highest BCUT2D eigenvalue weighted by molar-refractivity contribution is 5.96. The maximum absolute atomic E-state index is 12.3. The second-order valence-corrected chi connectivity index (χ2v) is 5.13. The molecule has 0 spiro atoms. The van der Waals surface area contributed by atoms with Gasteiger partial charge in [-0.25, -0.2) is 0 Å². The van der Waals surface area contributed by atoms with Crippen LogP contribution in [-0.4, -0.2) is 34.1 Å². The molecule has 3 rings (SSSR count). The van der Waals surface area contributed by atoms with Crippen molar-refractivity contribution in [1.29, 1.82) is 0 Å². The lowest BCUT2D eigenvalue weighted by atomic mass is 9.82. The van der Waals surface area contributed by atoms with Crippen molar-refractivity contribution in [3.05, 3.63) is 46.5 Å². The van der Waals surface area contributed by atoms with E-state index in [1.807, 2.05) is 0 Å². The molecule has 1 amide bonds. The second kappa shape index (κ2) is 5.23. The van der Waals surface area contributed by atoms with Gasteiger partial charge in [0.1, 0.15) is 5.92 Å². The molecule has 0 aromatic heterocycles. The SMILES string of the molecule is O=C(Nc1ccc([N+](=O)[O-])cc1)[C@@H]1[C@H](C(=O)O)[C@@H]2C=C[C@H]1O2. The summed E-state index contributed by atoms with van der Waals surface area (Å²) in [5, 5.41) is 22.4. The van der Waals surface area contributed by atoms with E-state index in [2.05, 4.69) is 5.32 Å². The second-order valence-electron chi connectivity index (χ2n) is 5.13. The highest BCUT2D eigenvalue weighted by atomic mass is 16.6. The summed E-state index contributed by atoms with van der Waals surface area (Å²) in [7, 11) is 0. The quantitative estimate of drug-likeness (QED) is 0.490. The predicted molar refractivity (Wildman–Crippen MR) is 74.1 cm³/mol. The van der Waals surface area contributed by atoms with Crippen molar-refractivity contribution >= 4 is 23.3 Å². The van der Waals surface area contributed by atoms with Crippen LogP contribution < -0.4 is 5.32 Å². The highest BCUT2D eigenvalue weighted by Gasteiger charge is 2.53. The molecule has 0 unspecified atom stereocenters. The number of rotatable bonds is 4. The average Bonchev–Trinajstić information content (AvgIpc) is 3.08. The number of nitrogens with zero attached hydrogens (tertiary/aromatic N) is 1. The van der Waals surface area contributed by atoms with E-state index in [9.17, 15) is 24.8 Å². The first-order chi connectivity index (χ1) is 10.5. The molecule has 0 radical (unpaired) electrons. The number of carboxylic acid groups (broad SMARTS) is 1. The van der Waals surface area contributed by atoms with E-state index in [4.69, 9.17) is 4.74 Å². The molecule has 1 aromatic carbocycles. The fourth-order valence-electron chi connectivity index (χ4n) is 2.81. The molecule has 0 aliphatic carbocycles. The van der Waals surface area contributed by atoms with Crippen LogP contribution in [0.15, 0.2) is 36.4 Å². The van der Waals surface area contributed by atoms with Crippen LogP contribution in [0.5, 0.6) is 0 Å². The van der Waals surface area contributed by atoms with Crippen LogP contribution >= 0.6 is 0 Å². The molecule has 1 fully saturated rings. The Morgan fingerprint density at radius 1 is 1.14 bits per heavy atom. The molecule has 114 valence electrons. The van der Waals surface area contributed by atoms with Gasteiger partial charge in [-0.05, 0) is 12.1 Å². The molecule has 8 nitrogen and oxygen atoms in total. The molecule has 1 aromatic rings. The van der Waals surface area contributed by atoms with Gasteiger partial charge in [-0.1, -0.05) is 12.2 Å². The summed E-state index contributed by atoms with van der Waals surface area (Å²) in [4.78, 5) is 33.7. The first-order valence-electron chi connectivity index (χ1n) is 6.59. The summed E-state index contributed by atoms with van der Waals surface area (Å²) in [5.41, 5.74) is 0.277. The third-order valence-corrected chi connectivity index (χ3v) is 3.83. The molecule has 1 saturated heterocycles. The predicted octanol–water partition coefficient (Wildman–Crippen LogP) is 1.19. The van der Waals surface area contributed by atoms with Crippen LogP contribution in [0.1, 0.15) is 0 Å². The number of hydrogen-bond donors (Lipinski definition) is 2. The number of aliphatic carboxylic acids is 1. The van der Waals surface area contributed by atoms with Gasteiger partial charge in [0.05, 0.1) is 23.0 Å². The van der Waals surface area contributed by atoms with Gasteiger partial charge in [-0.15, -0.1) is 0 Å². The van der Waals surface area contributed by atoms with Crippen LogP contribution in [-0.2, 0) is 14.3 Å². The Kier molecular flexibility index (Phi) is 3.38. The van der Waals surface area contributed by atoms with Crippen LogP contribution in [0, 0.1) is 22.0 Å². The van der Waals surface area contributed by atoms with Gasteiger partial charge in [0.25, 0.3) is 5.69 Å². The number of carbonyl (C=O) groups is 2. The Hall–Kier alpha value is -2.74. The number of carboxylic acids is 1. The number of hydrogen-bond acceptors (Lipinski definition) is 5. The van der Waals surface area contributed by atoms with E-state index >= 15 is 0 Å². The maximum Gasteiger partial charge on any atom is 0.310 e. The fourth-order valence-corrected chi connectivity index (χ4v) is 2.81. The number of fused-ring (bicyclic) bond motifs is 2. The number of non-ortho nitro benzene ring substituents is 1.